The van der Waals surface area contributed by atoms with Crippen molar-refractivity contribution in [1.29, 1.82) is 0 Å². The zero-order valence-electron chi connectivity index (χ0n) is 3.65. The van der Waals surface area contributed by atoms with Gasteiger partial charge in [0.25, 0.3) is 0 Å². The van der Waals surface area contributed by atoms with Crippen LogP contribution in [0.5, 0.6) is 0 Å². The average Bonchev–Trinajstić information content (AvgIpc) is 1.72. The van der Waals surface area contributed by atoms with E-state index in [9.17, 15) is 0 Å². The molecule has 0 N–H and O–H groups in total. The number of aromatic nitrogens is 2. The second kappa shape index (κ2) is 3.24. The van der Waals surface area contributed by atoms with Gasteiger partial charge in [-0.3, -0.25) is 0 Å². The summed E-state index contributed by atoms with van der Waals surface area (Å²) in [6.07, 6.45) is 3.28. The van der Waals surface area contributed by atoms with Crippen molar-refractivity contribution in [1.82, 2.24) is 16.3 Å². The van der Waals surface area contributed by atoms with Crippen molar-refractivity contribution < 1.29 is 0 Å². The van der Waals surface area contributed by atoms with Crippen molar-refractivity contribution in [3.05, 3.63) is 24.5 Å². The summed E-state index contributed by atoms with van der Waals surface area (Å²) in [5.74, 6) is 0. The number of hydrogen-bond acceptors (Lipinski definition) is 2. The van der Waals surface area contributed by atoms with E-state index in [4.69, 9.17) is 0 Å². The maximum Gasteiger partial charge on any atom is 0.0496 e. The van der Waals surface area contributed by atoms with Crippen LogP contribution in [-0.2, 0) is 0 Å². The molecule has 0 saturated carbocycles. The standard InChI is InChI=1S/C4H4N2.N/c1-2-4-6-5-3-1;/h1-4H;. The number of rotatable bonds is 0. The lowest BCUT2D eigenvalue weighted by Gasteiger charge is -1.69. The second-order valence-corrected chi connectivity index (χ2v) is 0.914. The molecular formula is C4H4N3. The molecule has 3 heteroatoms. The maximum absolute atomic E-state index is 3.53. The van der Waals surface area contributed by atoms with E-state index in [1.165, 1.54) is 0 Å². The normalized spacial score (nSPS) is 6.86. The highest BCUT2D eigenvalue weighted by Crippen LogP contribution is 1.68. The second-order valence-electron chi connectivity index (χ2n) is 0.914. The van der Waals surface area contributed by atoms with Crippen molar-refractivity contribution in [3.8, 4) is 0 Å². The van der Waals surface area contributed by atoms with E-state index >= 15 is 0 Å². The molecule has 0 spiro atoms. The van der Waals surface area contributed by atoms with Gasteiger partial charge in [0.15, 0.2) is 0 Å². The smallest absolute Gasteiger partial charge is 0.0496 e. The van der Waals surface area contributed by atoms with Gasteiger partial charge in [0.1, 0.15) is 0 Å². The lowest BCUT2D eigenvalue weighted by molar-refractivity contribution is 1.03. The molecule has 1 aromatic rings. The Labute approximate surface area is 42.0 Å². The van der Waals surface area contributed by atoms with Gasteiger partial charge >= 0.3 is 0 Å². The van der Waals surface area contributed by atoms with Crippen LogP contribution in [0.25, 0.3) is 0 Å². The molecule has 3 radical (unpaired) electrons. The Kier molecular flexibility index (Phi) is 2.79. The van der Waals surface area contributed by atoms with Crippen molar-refractivity contribution in [2.45, 2.75) is 0 Å². The topological polar surface area (TPSA) is 56.3 Å². The van der Waals surface area contributed by atoms with E-state index in [1.54, 1.807) is 12.4 Å². The summed E-state index contributed by atoms with van der Waals surface area (Å²) < 4.78 is 0. The van der Waals surface area contributed by atoms with Gasteiger partial charge in [-0.2, -0.15) is 10.2 Å². The maximum atomic E-state index is 3.53. The van der Waals surface area contributed by atoms with Crippen molar-refractivity contribution in [2.75, 3.05) is 0 Å². The molecule has 0 unspecified atom stereocenters. The fraction of sp³-hybridized carbons (Fsp3) is 0. The van der Waals surface area contributed by atoms with E-state index < -0.39 is 0 Å². The molecular weight excluding hydrogens is 90.1 g/mol. The molecule has 1 rings (SSSR count). The largest absolute Gasteiger partial charge is 0.159 e. The minimum absolute atomic E-state index is 0. The molecule has 0 bridgehead atoms. The Morgan fingerprint density at radius 2 is 1.29 bits per heavy atom. The highest BCUT2D eigenvalue weighted by Gasteiger charge is 1.59. The van der Waals surface area contributed by atoms with E-state index in [2.05, 4.69) is 10.2 Å². The molecule has 0 aliphatic carbocycles. The minimum atomic E-state index is 0. The summed E-state index contributed by atoms with van der Waals surface area (Å²) in [4.78, 5) is 0. The third-order valence-corrected chi connectivity index (χ3v) is 0.483. The molecule has 0 aromatic carbocycles. The predicted molar refractivity (Wildman–Crippen MR) is 24.2 cm³/mol. The highest BCUT2D eigenvalue weighted by molar-refractivity contribution is 4.79. The summed E-state index contributed by atoms with van der Waals surface area (Å²) in [6, 6.07) is 3.65. The molecule has 35 valence electrons. The van der Waals surface area contributed by atoms with Crippen LogP contribution in [0.2, 0.25) is 0 Å². The van der Waals surface area contributed by atoms with Crippen LogP contribution in [0.15, 0.2) is 24.5 Å². The van der Waals surface area contributed by atoms with Crippen LogP contribution in [0, 0.1) is 0 Å². The highest BCUT2D eigenvalue weighted by atomic mass is 15.1. The molecule has 0 amide bonds. The zero-order valence-corrected chi connectivity index (χ0v) is 3.65. The van der Waals surface area contributed by atoms with E-state index in [1.807, 2.05) is 12.1 Å². The third-order valence-electron chi connectivity index (χ3n) is 0.483. The molecule has 0 aliphatic heterocycles. The first-order valence-electron chi connectivity index (χ1n) is 1.72. The lowest BCUT2D eigenvalue weighted by atomic mass is 10.6. The van der Waals surface area contributed by atoms with Crippen molar-refractivity contribution in [2.24, 2.45) is 0 Å². The quantitative estimate of drug-likeness (QED) is 0.454. The molecule has 7 heavy (non-hydrogen) atoms. The van der Waals surface area contributed by atoms with E-state index in [-0.39, 0.29) is 6.15 Å². The Morgan fingerprint density at radius 1 is 0.857 bits per heavy atom. The Balaban J connectivity index is 0.000000360. The molecule has 0 fully saturated rings. The Hall–Kier alpha value is -0.960. The summed E-state index contributed by atoms with van der Waals surface area (Å²) in [5, 5.41) is 7.07. The van der Waals surface area contributed by atoms with Gasteiger partial charge in [-0.25, -0.2) is 0 Å². The number of hydrogen-bond donors (Lipinski definition) is 0. The summed E-state index contributed by atoms with van der Waals surface area (Å²) in [6.45, 7) is 0. The van der Waals surface area contributed by atoms with Crippen LogP contribution in [0.3, 0.4) is 0 Å². The van der Waals surface area contributed by atoms with Gasteiger partial charge in [-0.1, -0.05) is 0 Å². The van der Waals surface area contributed by atoms with Crippen LogP contribution in [0.1, 0.15) is 0 Å². The molecule has 0 atom stereocenters. The summed E-state index contributed by atoms with van der Waals surface area (Å²) in [7, 11) is 0. The first kappa shape index (κ1) is 6.04. The summed E-state index contributed by atoms with van der Waals surface area (Å²) >= 11 is 0. The SMILES string of the molecule is [N].c1ccnnc1. The monoisotopic (exact) mass is 94.0 g/mol. The fourth-order valence-corrected chi connectivity index (χ4v) is 0.253. The molecule has 1 heterocycles. The number of nitrogens with zero attached hydrogens (tertiary/aromatic N) is 3. The fourth-order valence-electron chi connectivity index (χ4n) is 0.253. The van der Waals surface area contributed by atoms with Gasteiger partial charge in [-0.05, 0) is 12.1 Å². The van der Waals surface area contributed by atoms with Crippen LogP contribution >= 0.6 is 0 Å². The van der Waals surface area contributed by atoms with Gasteiger partial charge in [0, 0.05) is 18.5 Å². The average molecular weight is 94.1 g/mol. The minimum Gasteiger partial charge on any atom is -0.159 e. The van der Waals surface area contributed by atoms with E-state index in [0.717, 1.165) is 0 Å². The summed E-state index contributed by atoms with van der Waals surface area (Å²) in [5.41, 5.74) is 0. The van der Waals surface area contributed by atoms with Crippen molar-refractivity contribution >= 4 is 0 Å². The first-order valence-corrected chi connectivity index (χ1v) is 1.72. The Bertz CT molecular complexity index is 78.9. The molecule has 0 saturated heterocycles. The van der Waals surface area contributed by atoms with Crippen LogP contribution < -0.4 is 6.15 Å². The zero-order chi connectivity index (χ0) is 4.24. The van der Waals surface area contributed by atoms with Crippen LogP contribution in [-0.4, -0.2) is 10.2 Å². The molecule has 3 nitrogen and oxygen atoms in total. The predicted octanol–water partition coefficient (Wildman–Crippen LogP) is -0.00400. The van der Waals surface area contributed by atoms with Gasteiger partial charge in [0.05, 0.1) is 0 Å². The molecule has 0 aliphatic rings. The van der Waals surface area contributed by atoms with Gasteiger partial charge in [-0.15, -0.1) is 0 Å². The van der Waals surface area contributed by atoms with Crippen LogP contribution in [0.4, 0.5) is 0 Å². The van der Waals surface area contributed by atoms with Gasteiger partial charge in [0.2, 0.25) is 0 Å². The molecule has 1 aromatic heterocycles. The van der Waals surface area contributed by atoms with Crippen molar-refractivity contribution in [3.63, 3.8) is 0 Å². The third kappa shape index (κ3) is 1.83. The van der Waals surface area contributed by atoms with Gasteiger partial charge < -0.3 is 0 Å². The lowest BCUT2D eigenvalue weighted by Crippen LogP contribution is -1.69. The van der Waals surface area contributed by atoms with E-state index in [0.29, 0.717) is 0 Å². The Morgan fingerprint density at radius 3 is 1.43 bits per heavy atom. The first-order chi connectivity index (χ1) is 3.00.